The molecular weight excluding hydrogens is 324 g/mol. The van der Waals surface area contributed by atoms with E-state index in [4.69, 9.17) is 4.74 Å². The lowest BCUT2D eigenvalue weighted by Crippen LogP contribution is -2.27. The topological polar surface area (TPSA) is 96.8 Å². The summed E-state index contributed by atoms with van der Waals surface area (Å²) in [4.78, 5) is 29.1. The molecule has 0 aliphatic heterocycles. The van der Waals surface area contributed by atoms with E-state index in [0.29, 0.717) is 29.1 Å². The second kappa shape index (κ2) is 6.50. The van der Waals surface area contributed by atoms with Crippen molar-refractivity contribution < 1.29 is 9.53 Å². The van der Waals surface area contributed by atoms with Gasteiger partial charge in [-0.25, -0.2) is 14.6 Å². The minimum atomic E-state index is -0.497. The lowest BCUT2D eigenvalue weighted by molar-refractivity contribution is 0.0600. The number of ether oxygens (including phenoxy) is 1. The van der Waals surface area contributed by atoms with Crippen molar-refractivity contribution in [2.24, 2.45) is 13.0 Å². The predicted molar refractivity (Wildman–Crippen MR) is 90.3 cm³/mol. The van der Waals surface area contributed by atoms with Crippen molar-refractivity contribution in [1.29, 1.82) is 0 Å². The van der Waals surface area contributed by atoms with Gasteiger partial charge in [0.2, 0.25) is 0 Å². The Labute approximate surface area is 143 Å². The first-order valence-corrected chi connectivity index (χ1v) is 7.92. The van der Waals surface area contributed by atoms with Crippen molar-refractivity contribution in [2.45, 2.75) is 26.9 Å². The van der Waals surface area contributed by atoms with Crippen LogP contribution in [0.15, 0.2) is 23.4 Å². The van der Waals surface area contributed by atoms with Crippen LogP contribution in [0.3, 0.4) is 0 Å². The molecule has 0 unspecified atom stereocenters. The standard InChI is InChI=1S/C16H20N6O3/c1-10(2)7-22-14-12(5-11(6-17-14)15(23)25-4)21(16(22)24)8-13-19-18-9-20(13)3/h5-6,9-10H,7-8H2,1-4H3. The minimum absolute atomic E-state index is 0.193. The average molecular weight is 344 g/mol. The van der Waals surface area contributed by atoms with E-state index < -0.39 is 5.97 Å². The van der Waals surface area contributed by atoms with Crippen molar-refractivity contribution in [1.82, 2.24) is 28.9 Å². The highest BCUT2D eigenvalue weighted by molar-refractivity contribution is 5.92. The van der Waals surface area contributed by atoms with Gasteiger partial charge in [-0.2, -0.15) is 0 Å². The van der Waals surface area contributed by atoms with Gasteiger partial charge in [0.15, 0.2) is 11.5 Å². The van der Waals surface area contributed by atoms with Gasteiger partial charge < -0.3 is 9.30 Å². The maximum absolute atomic E-state index is 12.9. The van der Waals surface area contributed by atoms with E-state index in [-0.39, 0.29) is 18.2 Å². The molecule has 3 rings (SSSR count). The number of imidazole rings is 1. The third kappa shape index (κ3) is 3.04. The minimum Gasteiger partial charge on any atom is -0.465 e. The smallest absolute Gasteiger partial charge is 0.339 e. The molecule has 9 heteroatoms. The Hall–Kier alpha value is -2.97. The van der Waals surface area contributed by atoms with Crippen LogP contribution in [0.5, 0.6) is 0 Å². The average Bonchev–Trinajstić information content (AvgIpc) is 3.10. The molecule has 9 nitrogen and oxygen atoms in total. The van der Waals surface area contributed by atoms with Crippen LogP contribution in [0, 0.1) is 5.92 Å². The number of hydrogen-bond acceptors (Lipinski definition) is 6. The highest BCUT2D eigenvalue weighted by atomic mass is 16.5. The summed E-state index contributed by atoms with van der Waals surface area (Å²) in [5.74, 6) is 0.409. The third-order valence-electron chi connectivity index (χ3n) is 3.93. The van der Waals surface area contributed by atoms with Crippen molar-refractivity contribution in [2.75, 3.05) is 7.11 Å². The highest BCUT2D eigenvalue weighted by Gasteiger charge is 2.19. The van der Waals surface area contributed by atoms with Crippen molar-refractivity contribution in [3.05, 3.63) is 40.5 Å². The molecule has 0 bridgehead atoms. The number of carbonyl (C=O) groups is 1. The maximum atomic E-state index is 12.9. The van der Waals surface area contributed by atoms with Crippen LogP contribution < -0.4 is 5.69 Å². The van der Waals surface area contributed by atoms with Gasteiger partial charge in [0.25, 0.3) is 0 Å². The molecule has 0 fully saturated rings. The van der Waals surface area contributed by atoms with Gasteiger partial charge in [-0.05, 0) is 12.0 Å². The van der Waals surface area contributed by atoms with Crippen LogP contribution in [0.2, 0.25) is 0 Å². The molecule has 0 aromatic carbocycles. The zero-order chi connectivity index (χ0) is 18.1. The number of hydrogen-bond donors (Lipinski definition) is 0. The summed E-state index contributed by atoms with van der Waals surface area (Å²) in [7, 11) is 3.12. The van der Waals surface area contributed by atoms with E-state index in [1.54, 1.807) is 26.1 Å². The van der Waals surface area contributed by atoms with E-state index in [1.165, 1.54) is 13.3 Å². The van der Waals surface area contributed by atoms with Gasteiger partial charge >= 0.3 is 11.7 Å². The normalized spacial score (nSPS) is 11.4. The number of aromatic nitrogens is 6. The van der Waals surface area contributed by atoms with E-state index in [0.717, 1.165) is 0 Å². The predicted octanol–water partition coefficient (Wildman–Crippen LogP) is 0.817. The van der Waals surface area contributed by atoms with Crippen molar-refractivity contribution in [3.63, 3.8) is 0 Å². The fraction of sp³-hybridized carbons (Fsp3) is 0.438. The Morgan fingerprint density at radius 3 is 2.68 bits per heavy atom. The molecule has 0 N–H and O–H groups in total. The number of fused-ring (bicyclic) bond motifs is 1. The summed E-state index contributed by atoms with van der Waals surface area (Å²) in [5, 5.41) is 7.88. The van der Waals surface area contributed by atoms with E-state index >= 15 is 0 Å². The number of methoxy groups -OCH3 is 1. The molecule has 3 heterocycles. The summed E-state index contributed by atoms with van der Waals surface area (Å²) >= 11 is 0. The molecule has 0 saturated carbocycles. The first-order valence-electron chi connectivity index (χ1n) is 7.92. The summed E-state index contributed by atoms with van der Waals surface area (Å²) in [5.41, 5.74) is 1.20. The molecule has 132 valence electrons. The Morgan fingerprint density at radius 2 is 2.08 bits per heavy atom. The van der Waals surface area contributed by atoms with Crippen LogP contribution in [0.4, 0.5) is 0 Å². The Bertz CT molecular complexity index is 982. The van der Waals surface area contributed by atoms with Gasteiger partial charge in [-0.3, -0.25) is 9.13 Å². The fourth-order valence-corrected chi connectivity index (χ4v) is 2.70. The SMILES string of the molecule is COC(=O)c1cnc2c(c1)n(Cc1nncn1C)c(=O)n2CC(C)C. The van der Waals surface area contributed by atoms with Crippen molar-refractivity contribution >= 4 is 17.1 Å². The maximum Gasteiger partial charge on any atom is 0.339 e. The molecule has 0 aliphatic carbocycles. The second-order valence-corrected chi connectivity index (χ2v) is 6.29. The molecule has 3 aromatic rings. The second-order valence-electron chi connectivity index (χ2n) is 6.29. The first-order chi connectivity index (χ1) is 11.9. The van der Waals surface area contributed by atoms with E-state index in [9.17, 15) is 9.59 Å². The number of pyridine rings is 1. The van der Waals surface area contributed by atoms with Crippen LogP contribution in [-0.2, 0) is 24.9 Å². The van der Waals surface area contributed by atoms with Crippen LogP contribution in [-0.4, -0.2) is 42.0 Å². The Morgan fingerprint density at radius 1 is 1.32 bits per heavy atom. The first kappa shape index (κ1) is 16.9. The van der Waals surface area contributed by atoms with Gasteiger partial charge in [0.05, 0.1) is 24.7 Å². The Balaban J connectivity index is 2.21. The summed E-state index contributed by atoms with van der Waals surface area (Å²) in [6.07, 6.45) is 3.00. The van der Waals surface area contributed by atoms with Gasteiger partial charge in [0.1, 0.15) is 6.33 Å². The summed E-state index contributed by atoms with van der Waals surface area (Å²) in [6.45, 7) is 4.83. The number of rotatable bonds is 5. The number of carbonyl (C=O) groups excluding carboxylic acids is 1. The summed E-state index contributed by atoms with van der Waals surface area (Å²) in [6, 6.07) is 1.63. The number of aryl methyl sites for hydroxylation is 1. The molecule has 0 spiro atoms. The molecule has 3 aromatic heterocycles. The van der Waals surface area contributed by atoms with E-state index in [1.807, 2.05) is 20.9 Å². The third-order valence-corrected chi connectivity index (χ3v) is 3.93. The van der Waals surface area contributed by atoms with Gasteiger partial charge in [0, 0.05) is 19.8 Å². The monoisotopic (exact) mass is 344 g/mol. The van der Waals surface area contributed by atoms with Gasteiger partial charge in [-0.1, -0.05) is 13.8 Å². The van der Waals surface area contributed by atoms with Crippen LogP contribution in [0.25, 0.3) is 11.2 Å². The van der Waals surface area contributed by atoms with E-state index in [2.05, 4.69) is 15.2 Å². The zero-order valence-corrected chi connectivity index (χ0v) is 14.6. The molecule has 0 amide bonds. The van der Waals surface area contributed by atoms with Crippen LogP contribution >= 0.6 is 0 Å². The highest BCUT2D eigenvalue weighted by Crippen LogP contribution is 2.16. The molecule has 0 radical (unpaired) electrons. The zero-order valence-electron chi connectivity index (χ0n) is 14.6. The molecular formula is C16H20N6O3. The Kier molecular flexibility index (Phi) is 4.39. The lowest BCUT2D eigenvalue weighted by Gasteiger charge is -2.05. The van der Waals surface area contributed by atoms with Crippen molar-refractivity contribution in [3.8, 4) is 0 Å². The molecule has 0 atom stereocenters. The summed E-state index contributed by atoms with van der Waals surface area (Å²) < 4.78 is 9.68. The lowest BCUT2D eigenvalue weighted by atomic mass is 10.2. The number of esters is 1. The molecule has 25 heavy (non-hydrogen) atoms. The largest absolute Gasteiger partial charge is 0.465 e. The van der Waals surface area contributed by atoms with Crippen LogP contribution in [0.1, 0.15) is 30.0 Å². The molecule has 0 aliphatic rings. The quantitative estimate of drug-likeness (QED) is 0.636. The van der Waals surface area contributed by atoms with Gasteiger partial charge in [-0.15, -0.1) is 10.2 Å². The fourth-order valence-electron chi connectivity index (χ4n) is 2.70. The molecule has 0 saturated heterocycles. The number of nitrogens with zero attached hydrogens (tertiary/aromatic N) is 6.